The van der Waals surface area contributed by atoms with E-state index in [9.17, 15) is 19.6 Å². The Bertz CT molecular complexity index is 1510. The maximum absolute atomic E-state index is 13.9. The molecule has 3 aromatic carbocycles. The molecule has 7 nitrogen and oxygen atoms in total. The predicted molar refractivity (Wildman–Crippen MR) is 132 cm³/mol. The van der Waals surface area contributed by atoms with Gasteiger partial charge in [-0.15, -0.1) is 0 Å². The summed E-state index contributed by atoms with van der Waals surface area (Å²) in [5.74, 6) is -3.68. The van der Waals surface area contributed by atoms with Crippen molar-refractivity contribution in [3.05, 3.63) is 106 Å². The van der Waals surface area contributed by atoms with Crippen molar-refractivity contribution in [3.63, 3.8) is 0 Å². The molecule has 8 rings (SSSR count). The normalized spacial score (nSPS) is 26.0. The molecule has 8 heteroatoms. The van der Waals surface area contributed by atoms with Gasteiger partial charge in [-0.1, -0.05) is 72.4 Å². The van der Waals surface area contributed by atoms with Gasteiger partial charge in [0.15, 0.2) is 0 Å². The van der Waals surface area contributed by atoms with Crippen LogP contribution in [0.4, 0.5) is 5.69 Å². The van der Waals surface area contributed by atoms with E-state index in [1.165, 1.54) is 11.8 Å². The van der Waals surface area contributed by atoms with Crippen molar-refractivity contribution in [1.29, 1.82) is 5.26 Å². The van der Waals surface area contributed by atoms with Crippen LogP contribution in [0.1, 0.15) is 34.1 Å². The van der Waals surface area contributed by atoms with Crippen LogP contribution >= 0.6 is 11.8 Å². The van der Waals surface area contributed by atoms with Crippen LogP contribution in [0.25, 0.3) is 0 Å². The van der Waals surface area contributed by atoms with Crippen LogP contribution in [-0.2, 0) is 14.4 Å². The van der Waals surface area contributed by atoms with E-state index in [0.717, 1.165) is 37.8 Å². The highest BCUT2D eigenvalue weighted by Crippen LogP contribution is 2.59. The number of benzene rings is 3. The first kappa shape index (κ1) is 21.0. The summed E-state index contributed by atoms with van der Waals surface area (Å²) in [6.07, 6.45) is 0. The van der Waals surface area contributed by atoms with Gasteiger partial charge >= 0.3 is 0 Å². The van der Waals surface area contributed by atoms with Crippen molar-refractivity contribution in [2.24, 2.45) is 11.8 Å². The predicted octanol–water partition coefficient (Wildman–Crippen LogP) is 3.86. The summed E-state index contributed by atoms with van der Waals surface area (Å²) >= 11 is 1.25. The minimum absolute atomic E-state index is 0.218. The Hall–Kier alpha value is -4.35. The van der Waals surface area contributed by atoms with E-state index in [2.05, 4.69) is 10.7 Å². The van der Waals surface area contributed by atoms with Crippen LogP contribution in [-0.4, -0.2) is 22.7 Å². The van der Waals surface area contributed by atoms with E-state index in [0.29, 0.717) is 5.03 Å². The van der Waals surface area contributed by atoms with E-state index < -0.39 is 23.7 Å². The molecule has 1 fully saturated rings. The summed E-state index contributed by atoms with van der Waals surface area (Å²) in [7, 11) is 0. The van der Waals surface area contributed by atoms with E-state index in [4.69, 9.17) is 0 Å². The monoisotopic (exact) mass is 490 g/mol. The molecular weight excluding hydrogens is 472 g/mol. The SMILES string of the molecule is N#C/C(C(=O)N1NC(=O)C2C3c4ccccc4C(c4ccccc43)C2C1=O)=C1/Nc2ccccc2S1. The number of nitrogens with one attached hydrogen (secondary N) is 2. The lowest BCUT2D eigenvalue weighted by Crippen LogP contribution is -2.65. The molecule has 2 bridgehead atoms. The van der Waals surface area contributed by atoms with Crippen molar-refractivity contribution in [3.8, 4) is 6.07 Å². The molecule has 2 heterocycles. The fourth-order valence-corrected chi connectivity index (χ4v) is 7.16. The number of para-hydroxylation sites is 1. The summed E-state index contributed by atoms with van der Waals surface area (Å²) in [6.45, 7) is 0. The molecule has 174 valence electrons. The van der Waals surface area contributed by atoms with Gasteiger partial charge in [-0.3, -0.25) is 19.8 Å². The van der Waals surface area contributed by atoms with Gasteiger partial charge in [0.1, 0.15) is 16.7 Å². The number of nitriles is 1. The molecular formula is C28H18N4O3S. The largest absolute Gasteiger partial charge is 0.348 e. The first-order valence-corrected chi connectivity index (χ1v) is 12.4. The number of hydrazine groups is 1. The number of anilines is 1. The van der Waals surface area contributed by atoms with Crippen LogP contribution < -0.4 is 10.7 Å². The Morgan fingerprint density at radius 3 is 1.97 bits per heavy atom. The van der Waals surface area contributed by atoms with Gasteiger partial charge in [0.2, 0.25) is 5.91 Å². The second kappa shape index (κ2) is 7.57. The van der Waals surface area contributed by atoms with Crippen LogP contribution in [0, 0.1) is 23.2 Å². The molecule has 0 radical (unpaired) electrons. The van der Waals surface area contributed by atoms with Gasteiger partial charge in [0, 0.05) is 16.7 Å². The third kappa shape index (κ3) is 2.72. The number of carbonyl (C=O) groups excluding carboxylic acids is 3. The average Bonchev–Trinajstić information content (AvgIpc) is 3.34. The van der Waals surface area contributed by atoms with Crippen molar-refractivity contribution in [2.75, 3.05) is 5.32 Å². The summed E-state index contributed by atoms with van der Waals surface area (Å²) in [6, 6.07) is 25.2. The third-order valence-electron chi connectivity index (χ3n) is 7.57. The van der Waals surface area contributed by atoms with Gasteiger partial charge < -0.3 is 5.32 Å². The Balaban J connectivity index is 1.31. The standard InChI is InChI=1S/C28H18N4O3S/c29-13-18(26-30-19-11-5-6-12-20(19)36-26)27(34)32-28(35)24-22-16-9-3-1-7-14(16)21(23(24)25(33)31-32)15-8-2-4-10-17(15)22/h1-12,21-24,30H,(H,31,33)/b26-18+. The molecule has 1 saturated heterocycles. The first-order chi connectivity index (χ1) is 17.6. The van der Waals surface area contributed by atoms with Gasteiger partial charge in [-0.25, -0.2) is 0 Å². The molecule has 36 heavy (non-hydrogen) atoms. The second-order valence-electron chi connectivity index (χ2n) is 9.26. The number of fused-ring (bicyclic) bond motifs is 1. The molecule has 3 aromatic rings. The summed E-state index contributed by atoms with van der Waals surface area (Å²) in [4.78, 5) is 41.9. The molecule has 2 N–H and O–H groups in total. The highest BCUT2D eigenvalue weighted by molar-refractivity contribution is 8.03. The third-order valence-corrected chi connectivity index (χ3v) is 8.66. The van der Waals surface area contributed by atoms with Crippen molar-refractivity contribution < 1.29 is 14.4 Å². The van der Waals surface area contributed by atoms with Gasteiger partial charge in [0.25, 0.3) is 11.8 Å². The van der Waals surface area contributed by atoms with E-state index >= 15 is 0 Å². The molecule has 0 spiro atoms. The number of hydrogen-bond donors (Lipinski definition) is 2. The number of imide groups is 1. The van der Waals surface area contributed by atoms with Gasteiger partial charge in [-0.2, -0.15) is 10.3 Å². The van der Waals surface area contributed by atoms with E-state index in [-0.39, 0.29) is 23.3 Å². The Labute approximate surface area is 210 Å². The van der Waals surface area contributed by atoms with Crippen LogP contribution in [0.5, 0.6) is 0 Å². The van der Waals surface area contributed by atoms with Gasteiger partial charge in [0.05, 0.1) is 17.5 Å². The number of thioether (sulfide) groups is 1. The highest BCUT2D eigenvalue weighted by Gasteiger charge is 2.59. The molecule has 0 saturated carbocycles. The maximum Gasteiger partial charge on any atom is 0.292 e. The topological polar surface area (TPSA) is 102 Å². The minimum atomic E-state index is -0.833. The van der Waals surface area contributed by atoms with Crippen LogP contribution in [0.3, 0.4) is 0 Å². The van der Waals surface area contributed by atoms with Crippen molar-refractivity contribution in [2.45, 2.75) is 16.7 Å². The Kier molecular flexibility index (Phi) is 4.41. The van der Waals surface area contributed by atoms with E-state index in [1.807, 2.05) is 78.9 Å². The maximum atomic E-state index is 13.9. The zero-order chi connectivity index (χ0) is 24.6. The molecule has 5 aliphatic rings. The Morgan fingerprint density at radius 1 is 0.833 bits per heavy atom. The number of rotatable bonds is 1. The molecule has 2 unspecified atom stereocenters. The van der Waals surface area contributed by atoms with Crippen LogP contribution in [0.2, 0.25) is 0 Å². The Morgan fingerprint density at radius 2 is 1.39 bits per heavy atom. The zero-order valence-electron chi connectivity index (χ0n) is 18.8. The number of amides is 3. The first-order valence-electron chi connectivity index (χ1n) is 11.6. The summed E-state index contributed by atoms with van der Waals surface area (Å²) in [5, 5.41) is 14.1. The van der Waals surface area contributed by atoms with E-state index in [1.54, 1.807) is 0 Å². The summed E-state index contributed by atoms with van der Waals surface area (Å²) in [5.41, 5.74) is 7.24. The molecule has 3 aliphatic carbocycles. The quantitative estimate of drug-likeness (QED) is 0.397. The molecule has 2 aliphatic heterocycles. The van der Waals surface area contributed by atoms with Crippen LogP contribution in [0.15, 0.2) is 88.3 Å². The van der Waals surface area contributed by atoms with Crippen molar-refractivity contribution >= 4 is 35.2 Å². The number of carbonyl (C=O) groups is 3. The average molecular weight is 491 g/mol. The number of hydrogen-bond acceptors (Lipinski definition) is 6. The zero-order valence-corrected chi connectivity index (χ0v) is 19.6. The smallest absolute Gasteiger partial charge is 0.292 e. The number of nitrogens with zero attached hydrogens (tertiary/aromatic N) is 2. The lowest BCUT2D eigenvalue weighted by molar-refractivity contribution is -0.165. The minimum Gasteiger partial charge on any atom is -0.348 e. The lowest BCUT2D eigenvalue weighted by Gasteiger charge is -2.52. The fourth-order valence-electron chi connectivity index (χ4n) is 6.17. The van der Waals surface area contributed by atoms with Crippen molar-refractivity contribution in [1.82, 2.24) is 10.4 Å². The molecule has 2 atom stereocenters. The molecule has 0 aromatic heterocycles. The summed E-state index contributed by atoms with van der Waals surface area (Å²) < 4.78 is 0. The molecule has 3 amide bonds. The second-order valence-corrected chi connectivity index (χ2v) is 10.3. The fraction of sp³-hybridized carbons (Fsp3) is 0.143. The van der Waals surface area contributed by atoms with Gasteiger partial charge in [-0.05, 0) is 34.4 Å². The highest BCUT2D eigenvalue weighted by atomic mass is 32.2. The lowest BCUT2D eigenvalue weighted by atomic mass is 9.53.